The van der Waals surface area contributed by atoms with Gasteiger partial charge in [-0.3, -0.25) is 9.59 Å². The maximum Gasteiger partial charge on any atom is 0.224 e. The molecule has 18 heavy (non-hydrogen) atoms. The highest BCUT2D eigenvalue weighted by Crippen LogP contribution is 2.10. The summed E-state index contributed by atoms with van der Waals surface area (Å²) in [6.45, 7) is 4.15. The molecule has 2 fully saturated rings. The van der Waals surface area contributed by atoms with Crippen LogP contribution in [0.2, 0.25) is 0 Å². The van der Waals surface area contributed by atoms with Crippen molar-refractivity contribution >= 4 is 11.8 Å². The van der Waals surface area contributed by atoms with Crippen LogP contribution in [0.5, 0.6) is 0 Å². The van der Waals surface area contributed by atoms with Crippen LogP contribution in [0, 0.1) is 5.92 Å². The Labute approximate surface area is 108 Å². The van der Waals surface area contributed by atoms with Gasteiger partial charge >= 0.3 is 0 Å². The first-order valence-corrected chi connectivity index (χ1v) is 7.01. The lowest BCUT2D eigenvalue weighted by Gasteiger charge is -2.27. The molecule has 2 saturated heterocycles. The third kappa shape index (κ3) is 3.98. The van der Waals surface area contributed by atoms with Crippen LogP contribution in [0.4, 0.5) is 0 Å². The number of rotatable bonds is 5. The summed E-state index contributed by atoms with van der Waals surface area (Å²) >= 11 is 0. The molecule has 2 rings (SSSR count). The first-order chi connectivity index (χ1) is 8.75. The third-order valence-corrected chi connectivity index (χ3v) is 3.71. The normalized spacial score (nSPS) is 20.3. The topological polar surface area (TPSA) is 61.4 Å². The van der Waals surface area contributed by atoms with Crippen LogP contribution >= 0.6 is 0 Å². The number of nitrogens with one attached hydrogen (secondary N) is 2. The van der Waals surface area contributed by atoms with Gasteiger partial charge in [-0.05, 0) is 38.3 Å². The molecule has 0 saturated carbocycles. The molecule has 0 unspecified atom stereocenters. The van der Waals surface area contributed by atoms with Gasteiger partial charge in [-0.15, -0.1) is 0 Å². The van der Waals surface area contributed by atoms with Gasteiger partial charge in [0.1, 0.15) is 0 Å². The van der Waals surface area contributed by atoms with Gasteiger partial charge in [0, 0.05) is 32.5 Å². The van der Waals surface area contributed by atoms with Crippen molar-refractivity contribution in [3.8, 4) is 0 Å². The van der Waals surface area contributed by atoms with Crippen molar-refractivity contribution in [3.05, 3.63) is 0 Å². The highest BCUT2D eigenvalue weighted by Gasteiger charge is 2.20. The molecule has 0 aliphatic carbocycles. The minimum Gasteiger partial charge on any atom is -0.356 e. The van der Waals surface area contributed by atoms with Crippen LogP contribution in [-0.2, 0) is 9.59 Å². The van der Waals surface area contributed by atoms with Crippen molar-refractivity contribution in [1.29, 1.82) is 0 Å². The molecule has 0 aromatic carbocycles. The summed E-state index contributed by atoms with van der Waals surface area (Å²) in [4.78, 5) is 25.3. The van der Waals surface area contributed by atoms with Crippen molar-refractivity contribution < 1.29 is 9.59 Å². The molecule has 5 nitrogen and oxygen atoms in total. The molecule has 102 valence electrons. The Morgan fingerprint density at radius 2 is 1.89 bits per heavy atom. The number of likely N-dealkylation sites (tertiary alicyclic amines) is 1. The summed E-state index contributed by atoms with van der Waals surface area (Å²) in [5.74, 6) is 0.746. The summed E-state index contributed by atoms with van der Waals surface area (Å²) in [5, 5.41) is 5.98. The van der Waals surface area contributed by atoms with E-state index in [0.717, 1.165) is 39.0 Å². The second kappa shape index (κ2) is 6.73. The number of piperidine rings is 1. The van der Waals surface area contributed by atoms with Crippen molar-refractivity contribution in [3.63, 3.8) is 0 Å². The maximum atomic E-state index is 11.8. The van der Waals surface area contributed by atoms with E-state index in [1.807, 2.05) is 4.90 Å². The van der Waals surface area contributed by atoms with Crippen molar-refractivity contribution in [1.82, 2.24) is 15.5 Å². The smallest absolute Gasteiger partial charge is 0.224 e. The highest BCUT2D eigenvalue weighted by molar-refractivity contribution is 5.79. The Hall–Kier alpha value is -1.10. The second-order valence-corrected chi connectivity index (χ2v) is 5.27. The summed E-state index contributed by atoms with van der Waals surface area (Å²) in [6.07, 6.45) is 4.50. The van der Waals surface area contributed by atoms with Gasteiger partial charge in [-0.1, -0.05) is 0 Å². The Morgan fingerprint density at radius 3 is 2.50 bits per heavy atom. The molecule has 0 spiro atoms. The molecule has 2 amide bonds. The van der Waals surface area contributed by atoms with Crippen LogP contribution in [0.15, 0.2) is 0 Å². The van der Waals surface area contributed by atoms with Gasteiger partial charge in [0.2, 0.25) is 11.8 Å². The van der Waals surface area contributed by atoms with Gasteiger partial charge in [0.25, 0.3) is 0 Å². The van der Waals surface area contributed by atoms with Gasteiger partial charge < -0.3 is 15.5 Å². The SMILES string of the molecule is O=C(CC1CNC1)NCCC(=O)N1CCCCC1. The van der Waals surface area contributed by atoms with Gasteiger partial charge in [-0.25, -0.2) is 0 Å². The van der Waals surface area contributed by atoms with Crippen LogP contribution in [-0.4, -0.2) is 49.4 Å². The van der Waals surface area contributed by atoms with Crippen LogP contribution < -0.4 is 10.6 Å². The van der Waals surface area contributed by atoms with E-state index in [1.54, 1.807) is 0 Å². The lowest BCUT2D eigenvalue weighted by Crippen LogP contribution is -2.45. The maximum absolute atomic E-state index is 11.8. The fourth-order valence-corrected chi connectivity index (χ4v) is 2.44. The average Bonchev–Trinajstić information content (AvgIpc) is 2.35. The molecule has 0 aromatic rings. The summed E-state index contributed by atoms with van der Waals surface area (Å²) < 4.78 is 0. The zero-order valence-corrected chi connectivity index (χ0v) is 10.9. The number of nitrogens with zero attached hydrogens (tertiary/aromatic N) is 1. The lowest BCUT2D eigenvalue weighted by molar-refractivity contribution is -0.132. The predicted octanol–water partition coefficient (Wildman–Crippen LogP) is 0.115. The lowest BCUT2D eigenvalue weighted by atomic mass is 9.99. The minimum atomic E-state index is 0.0768. The molecule has 2 N–H and O–H groups in total. The van der Waals surface area contributed by atoms with Crippen molar-refractivity contribution in [2.45, 2.75) is 32.1 Å². The number of amides is 2. The number of hydrogen-bond acceptors (Lipinski definition) is 3. The Bertz CT molecular complexity index is 297. The molecule has 0 aromatic heterocycles. The molecule has 2 aliphatic heterocycles. The number of carbonyl (C=O) groups is 2. The highest BCUT2D eigenvalue weighted by atomic mass is 16.2. The van der Waals surface area contributed by atoms with E-state index < -0.39 is 0 Å². The number of carbonyl (C=O) groups excluding carboxylic acids is 2. The average molecular weight is 253 g/mol. The first kappa shape index (κ1) is 13.3. The van der Waals surface area contributed by atoms with Crippen molar-refractivity contribution in [2.75, 3.05) is 32.7 Å². The van der Waals surface area contributed by atoms with Crippen LogP contribution in [0.3, 0.4) is 0 Å². The van der Waals surface area contributed by atoms with E-state index in [2.05, 4.69) is 10.6 Å². The third-order valence-electron chi connectivity index (χ3n) is 3.71. The molecular formula is C13H23N3O2. The Kier molecular flexibility index (Phi) is 4.99. The van der Waals surface area contributed by atoms with Crippen molar-refractivity contribution in [2.24, 2.45) is 5.92 Å². The van der Waals surface area contributed by atoms with Gasteiger partial charge in [-0.2, -0.15) is 0 Å². The molecule has 0 radical (unpaired) electrons. The predicted molar refractivity (Wildman–Crippen MR) is 69.0 cm³/mol. The molecule has 2 heterocycles. The fraction of sp³-hybridized carbons (Fsp3) is 0.846. The van der Waals surface area contributed by atoms with Crippen LogP contribution in [0.1, 0.15) is 32.1 Å². The van der Waals surface area contributed by atoms with Crippen LogP contribution in [0.25, 0.3) is 0 Å². The van der Waals surface area contributed by atoms with E-state index in [9.17, 15) is 9.59 Å². The largest absolute Gasteiger partial charge is 0.356 e. The molecular weight excluding hydrogens is 230 g/mol. The standard InChI is InChI=1S/C13H23N3O2/c17-12(8-11-9-14-10-11)15-5-4-13(18)16-6-2-1-3-7-16/h11,14H,1-10H2,(H,15,17). The number of hydrogen-bond donors (Lipinski definition) is 2. The summed E-state index contributed by atoms with van der Waals surface area (Å²) in [6, 6.07) is 0. The zero-order valence-electron chi connectivity index (χ0n) is 10.9. The molecule has 5 heteroatoms. The molecule has 2 aliphatic rings. The zero-order chi connectivity index (χ0) is 12.8. The fourth-order valence-electron chi connectivity index (χ4n) is 2.44. The molecule has 0 atom stereocenters. The van der Waals surface area contributed by atoms with Gasteiger partial charge in [0.15, 0.2) is 0 Å². The first-order valence-electron chi connectivity index (χ1n) is 7.01. The van der Waals surface area contributed by atoms with E-state index in [1.165, 1.54) is 6.42 Å². The molecule has 0 bridgehead atoms. The quantitative estimate of drug-likeness (QED) is 0.731. The monoisotopic (exact) mass is 253 g/mol. The van der Waals surface area contributed by atoms with E-state index in [0.29, 0.717) is 25.3 Å². The van der Waals surface area contributed by atoms with E-state index in [-0.39, 0.29) is 11.8 Å². The Morgan fingerprint density at radius 1 is 1.17 bits per heavy atom. The Balaban J connectivity index is 1.56. The summed E-state index contributed by atoms with van der Waals surface area (Å²) in [5.41, 5.74) is 0. The second-order valence-electron chi connectivity index (χ2n) is 5.27. The van der Waals surface area contributed by atoms with E-state index >= 15 is 0 Å². The van der Waals surface area contributed by atoms with Gasteiger partial charge in [0.05, 0.1) is 0 Å². The minimum absolute atomic E-state index is 0.0768. The van der Waals surface area contributed by atoms with E-state index in [4.69, 9.17) is 0 Å². The summed E-state index contributed by atoms with van der Waals surface area (Å²) in [7, 11) is 0.